The molecule has 0 aliphatic heterocycles. The first-order chi connectivity index (χ1) is 4.41. The van der Waals surface area contributed by atoms with Crippen LogP contribution >= 0.6 is 0 Å². The van der Waals surface area contributed by atoms with E-state index < -0.39 is 0 Å². The van der Waals surface area contributed by atoms with Crippen LogP contribution in [0, 0.1) is 0 Å². The predicted octanol–water partition coefficient (Wildman–Crippen LogP) is 1.64. The fourth-order valence-electron chi connectivity index (χ4n) is 0.276. The van der Waals surface area contributed by atoms with Gasteiger partial charge in [-0.1, -0.05) is 20.8 Å². The summed E-state index contributed by atoms with van der Waals surface area (Å²) in [6, 6.07) is 0. The molecule has 0 saturated heterocycles. The molecule has 56 valence electrons. The first kappa shape index (κ1) is 11.4. The standard InChI is InChI=1S/C5H10O2.C2H6/c1-2-4-7-5-3-6;1-2/h3H,2,4-5H2,1H3;1-2H3. The molecule has 0 aliphatic carbocycles. The highest BCUT2D eigenvalue weighted by atomic mass is 16.5. The van der Waals surface area contributed by atoms with E-state index in [4.69, 9.17) is 4.74 Å². The average molecular weight is 132 g/mol. The third-order valence-corrected chi connectivity index (χ3v) is 0.534. The van der Waals surface area contributed by atoms with Crippen LogP contribution in [0.5, 0.6) is 0 Å². The Morgan fingerprint density at radius 2 is 2.00 bits per heavy atom. The molecule has 0 aliphatic rings. The fraction of sp³-hybridized carbons (Fsp3) is 0.857. The van der Waals surface area contributed by atoms with Gasteiger partial charge < -0.3 is 9.53 Å². The van der Waals surface area contributed by atoms with E-state index in [0.717, 1.165) is 12.7 Å². The molecule has 0 aromatic heterocycles. The maximum atomic E-state index is 9.55. The molecule has 2 heteroatoms. The highest BCUT2D eigenvalue weighted by molar-refractivity contribution is 5.50. The predicted molar refractivity (Wildman–Crippen MR) is 38.5 cm³/mol. The van der Waals surface area contributed by atoms with Crippen LogP contribution in [0.4, 0.5) is 0 Å². The van der Waals surface area contributed by atoms with Gasteiger partial charge in [-0.05, 0) is 6.42 Å². The van der Waals surface area contributed by atoms with Crippen molar-refractivity contribution in [2.45, 2.75) is 27.2 Å². The largest absolute Gasteiger partial charge is 0.374 e. The normalized spacial score (nSPS) is 7.44. The van der Waals surface area contributed by atoms with Crippen molar-refractivity contribution in [3.63, 3.8) is 0 Å². The van der Waals surface area contributed by atoms with Gasteiger partial charge in [0.25, 0.3) is 0 Å². The van der Waals surface area contributed by atoms with E-state index >= 15 is 0 Å². The second-order valence-corrected chi connectivity index (χ2v) is 1.24. The van der Waals surface area contributed by atoms with Gasteiger partial charge in [0.15, 0.2) is 0 Å². The quantitative estimate of drug-likeness (QED) is 0.429. The molecule has 9 heavy (non-hydrogen) atoms. The summed E-state index contributed by atoms with van der Waals surface area (Å²) in [5, 5.41) is 0. The molecule has 0 unspecified atom stereocenters. The number of carbonyl (C=O) groups excluding carboxylic acids is 1. The van der Waals surface area contributed by atoms with Crippen LogP contribution in [0.2, 0.25) is 0 Å². The van der Waals surface area contributed by atoms with Crippen molar-refractivity contribution < 1.29 is 9.53 Å². The molecule has 0 spiro atoms. The van der Waals surface area contributed by atoms with Crippen LogP contribution in [0.1, 0.15) is 27.2 Å². The Morgan fingerprint density at radius 3 is 2.33 bits per heavy atom. The van der Waals surface area contributed by atoms with Crippen molar-refractivity contribution in [3.05, 3.63) is 0 Å². The molecule has 0 radical (unpaired) electrons. The smallest absolute Gasteiger partial charge is 0.145 e. The van der Waals surface area contributed by atoms with Crippen LogP contribution in [0.3, 0.4) is 0 Å². The van der Waals surface area contributed by atoms with Gasteiger partial charge in [-0.3, -0.25) is 0 Å². The Kier molecular flexibility index (Phi) is 19.9. The summed E-state index contributed by atoms with van der Waals surface area (Å²) in [5.41, 5.74) is 0. The van der Waals surface area contributed by atoms with E-state index in [1.54, 1.807) is 0 Å². The summed E-state index contributed by atoms with van der Waals surface area (Å²) in [6.07, 6.45) is 1.74. The Labute approximate surface area is 57.2 Å². The first-order valence-electron chi connectivity index (χ1n) is 3.43. The number of rotatable bonds is 4. The van der Waals surface area contributed by atoms with Crippen molar-refractivity contribution in [1.29, 1.82) is 0 Å². The van der Waals surface area contributed by atoms with Gasteiger partial charge in [0, 0.05) is 6.61 Å². The molecular weight excluding hydrogens is 116 g/mol. The lowest BCUT2D eigenvalue weighted by Gasteiger charge is -1.90. The molecule has 0 saturated carbocycles. The maximum absolute atomic E-state index is 9.55. The Balaban J connectivity index is 0. The number of ether oxygens (including phenoxy) is 1. The lowest BCUT2D eigenvalue weighted by molar-refractivity contribution is -0.111. The van der Waals surface area contributed by atoms with Crippen molar-refractivity contribution >= 4 is 6.29 Å². The lowest BCUT2D eigenvalue weighted by atomic mass is 10.5. The highest BCUT2D eigenvalue weighted by Gasteiger charge is 1.77. The van der Waals surface area contributed by atoms with E-state index in [-0.39, 0.29) is 6.61 Å². The summed E-state index contributed by atoms with van der Waals surface area (Å²) < 4.78 is 4.76. The topological polar surface area (TPSA) is 26.3 Å². The maximum Gasteiger partial charge on any atom is 0.145 e. The monoisotopic (exact) mass is 132 g/mol. The molecule has 0 aromatic carbocycles. The zero-order valence-corrected chi connectivity index (χ0v) is 6.52. The van der Waals surface area contributed by atoms with Gasteiger partial charge in [0.1, 0.15) is 12.9 Å². The summed E-state index contributed by atoms with van der Waals surface area (Å²) >= 11 is 0. The molecular formula is C7H16O2. The van der Waals surface area contributed by atoms with Crippen LogP contribution in [-0.2, 0) is 9.53 Å². The molecule has 0 bridgehead atoms. The second kappa shape index (κ2) is 15.6. The number of hydrogen-bond acceptors (Lipinski definition) is 2. The van der Waals surface area contributed by atoms with Crippen molar-refractivity contribution in [1.82, 2.24) is 0 Å². The summed E-state index contributed by atoms with van der Waals surface area (Å²) in [5.74, 6) is 0. The third kappa shape index (κ3) is 18.4. The average Bonchev–Trinajstić information content (AvgIpc) is 1.94. The van der Waals surface area contributed by atoms with Crippen LogP contribution < -0.4 is 0 Å². The summed E-state index contributed by atoms with van der Waals surface area (Å²) in [4.78, 5) is 9.55. The summed E-state index contributed by atoms with van der Waals surface area (Å²) in [7, 11) is 0. The lowest BCUT2D eigenvalue weighted by Crippen LogP contribution is -1.94. The SMILES string of the molecule is CC.CCCOCC=O. The van der Waals surface area contributed by atoms with E-state index in [1.807, 2.05) is 20.8 Å². The zero-order chi connectivity index (χ0) is 7.54. The molecule has 0 atom stereocenters. The van der Waals surface area contributed by atoms with Gasteiger partial charge in [0.05, 0.1) is 0 Å². The molecule has 0 fully saturated rings. The van der Waals surface area contributed by atoms with Gasteiger partial charge in [0.2, 0.25) is 0 Å². The van der Waals surface area contributed by atoms with Gasteiger partial charge in [-0.25, -0.2) is 0 Å². The number of hydrogen-bond donors (Lipinski definition) is 0. The molecule has 0 amide bonds. The van der Waals surface area contributed by atoms with Gasteiger partial charge in [-0.15, -0.1) is 0 Å². The van der Waals surface area contributed by atoms with Gasteiger partial charge in [-0.2, -0.15) is 0 Å². The Bertz CT molecular complexity index is 44.2. The molecule has 0 aromatic rings. The third-order valence-electron chi connectivity index (χ3n) is 0.534. The van der Waals surface area contributed by atoms with Crippen molar-refractivity contribution in [3.8, 4) is 0 Å². The minimum atomic E-state index is 0.244. The van der Waals surface area contributed by atoms with Crippen LogP contribution in [-0.4, -0.2) is 19.5 Å². The van der Waals surface area contributed by atoms with Crippen molar-refractivity contribution in [2.24, 2.45) is 0 Å². The van der Waals surface area contributed by atoms with E-state index in [1.165, 1.54) is 0 Å². The van der Waals surface area contributed by atoms with Crippen LogP contribution in [0.15, 0.2) is 0 Å². The first-order valence-corrected chi connectivity index (χ1v) is 3.43. The molecule has 2 nitrogen and oxygen atoms in total. The Hall–Kier alpha value is -0.370. The minimum absolute atomic E-state index is 0.244. The molecule has 0 heterocycles. The number of carbonyl (C=O) groups is 1. The van der Waals surface area contributed by atoms with Crippen LogP contribution in [0.25, 0.3) is 0 Å². The fourth-order valence-corrected chi connectivity index (χ4v) is 0.276. The highest BCUT2D eigenvalue weighted by Crippen LogP contribution is 1.75. The number of aldehydes is 1. The van der Waals surface area contributed by atoms with Gasteiger partial charge >= 0.3 is 0 Å². The Morgan fingerprint density at radius 1 is 1.44 bits per heavy atom. The molecule has 0 N–H and O–H groups in total. The van der Waals surface area contributed by atoms with E-state index in [0.29, 0.717) is 6.61 Å². The second-order valence-electron chi connectivity index (χ2n) is 1.24. The zero-order valence-electron chi connectivity index (χ0n) is 6.52. The van der Waals surface area contributed by atoms with Crippen molar-refractivity contribution in [2.75, 3.05) is 13.2 Å². The van der Waals surface area contributed by atoms with E-state index in [2.05, 4.69) is 0 Å². The van der Waals surface area contributed by atoms with E-state index in [9.17, 15) is 4.79 Å². The minimum Gasteiger partial charge on any atom is -0.374 e. The molecule has 0 rings (SSSR count). The summed E-state index contributed by atoms with van der Waals surface area (Å²) in [6.45, 7) is 6.94.